The molecule has 1 aromatic carbocycles. The van der Waals surface area contributed by atoms with E-state index in [0.29, 0.717) is 18.4 Å². The number of hydrogen-bond donors (Lipinski definition) is 1. The van der Waals surface area contributed by atoms with Gasteiger partial charge < -0.3 is 5.32 Å². The third-order valence-electron chi connectivity index (χ3n) is 3.70. The van der Waals surface area contributed by atoms with E-state index in [4.69, 9.17) is 0 Å². The highest BCUT2D eigenvalue weighted by Crippen LogP contribution is 2.25. The number of likely N-dealkylation sites (tertiary alicyclic amines) is 1. The molecule has 0 saturated carbocycles. The van der Waals surface area contributed by atoms with Crippen LogP contribution in [-0.2, 0) is 11.3 Å². The smallest absolute Gasteiger partial charge is 0.220 e. The van der Waals surface area contributed by atoms with Crippen molar-refractivity contribution in [2.24, 2.45) is 5.92 Å². The molecule has 0 spiro atoms. The van der Waals surface area contributed by atoms with Gasteiger partial charge in [-0.15, -0.1) is 0 Å². The van der Waals surface area contributed by atoms with Crippen LogP contribution >= 0.6 is 0 Å². The fraction of sp³-hybridized carbons (Fsp3) is 0.500. The number of nitrogens with zero attached hydrogens (tertiary/aromatic N) is 1. The van der Waals surface area contributed by atoms with Crippen molar-refractivity contribution in [3.8, 4) is 0 Å². The average molecular weight is 230 g/mol. The van der Waals surface area contributed by atoms with Crippen molar-refractivity contribution in [1.29, 1.82) is 0 Å². The van der Waals surface area contributed by atoms with Crippen LogP contribution in [0.15, 0.2) is 30.3 Å². The maximum absolute atomic E-state index is 11.4. The Bertz CT molecular complexity index is 388. The second-order valence-electron chi connectivity index (χ2n) is 5.25. The highest BCUT2D eigenvalue weighted by molar-refractivity contribution is 5.77. The molecule has 2 atom stereocenters. The molecule has 2 heterocycles. The molecule has 90 valence electrons. The van der Waals surface area contributed by atoms with Gasteiger partial charge >= 0.3 is 0 Å². The van der Waals surface area contributed by atoms with Crippen molar-refractivity contribution in [1.82, 2.24) is 10.2 Å². The van der Waals surface area contributed by atoms with Gasteiger partial charge in [-0.1, -0.05) is 30.3 Å². The van der Waals surface area contributed by atoms with E-state index in [9.17, 15) is 4.79 Å². The largest absolute Gasteiger partial charge is 0.352 e. The number of nitrogens with one attached hydrogen (secondary N) is 1. The normalized spacial score (nSPS) is 28.8. The molecular formula is C14H18N2O. The van der Waals surface area contributed by atoms with Gasteiger partial charge in [-0.3, -0.25) is 9.69 Å². The number of carbonyl (C=O) groups excluding carboxylic acids is 1. The van der Waals surface area contributed by atoms with Gasteiger partial charge in [0.15, 0.2) is 0 Å². The first-order valence-electron chi connectivity index (χ1n) is 6.35. The summed E-state index contributed by atoms with van der Waals surface area (Å²) in [5, 5.41) is 3.08. The summed E-state index contributed by atoms with van der Waals surface area (Å²) in [4.78, 5) is 13.9. The summed E-state index contributed by atoms with van der Waals surface area (Å²) in [7, 11) is 0. The highest BCUT2D eigenvalue weighted by atomic mass is 16.1. The van der Waals surface area contributed by atoms with Crippen molar-refractivity contribution < 1.29 is 4.79 Å². The minimum absolute atomic E-state index is 0.241. The molecule has 2 saturated heterocycles. The van der Waals surface area contributed by atoms with Gasteiger partial charge in [0.05, 0.1) is 0 Å². The molecule has 2 bridgehead atoms. The van der Waals surface area contributed by atoms with Crippen LogP contribution in [0.4, 0.5) is 0 Å². The van der Waals surface area contributed by atoms with Crippen LogP contribution < -0.4 is 5.32 Å². The molecule has 1 amide bonds. The van der Waals surface area contributed by atoms with Crippen molar-refractivity contribution >= 4 is 5.91 Å². The van der Waals surface area contributed by atoms with Gasteiger partial charge in [0.1, 0.15) is 0 Å². The second-order valence-corrected chi connectivity index (χ2v) is 5.25. The van der Waals surface area contributed by atoms with Crippen molar-refractivity contribution in [2.45, 2.75) is 25.4 Å². The molecule has 3 rings (SSSR count). The van der Waals surface area contributed by atoms with E-state index in [2.05, 4.69) is 40.5 Å². The van der Waals surface area contributed by atoms with E-state index < -0.39 is 0 Å². The third kappa shape index (κ3) is 2.50. The predicted molar refractivity (Wildman–Crippen MR) is 66.4 cm³/mol. The van der Waals surface area contributed by atoms with Crippen LogP contribution in [0, 0.1) is 5.92 Å². The number of amides is 1. The lowest BCUT2D eigenvalue weighted by atomic mass is 9.87. The van der Waals surface area contributed by atoms with Crippen molar-refractivity contribution in [2.75, 3.05) is 13.1 Å². The molecule has 0 aliphatic carbocycles. The summed E-state index contributed by atoms with van der Waals surface area (Å²) in [6.07, 6.45) is 1.87. The van der Waals surface area contributed by atoms with Crippen LogP contribution in [0.25, 0.3) is 0 Å². The average Bonchev–Trinajstić information content (AvgIpc) is 2.28. The Kier molecular flexibility index (Phi) is 2.85. The molecule has 1 N–H and O–H groups in total. The summed E-state index contributed by atoms with van der Waals surface area (Å²) in [6.45, 7) is 3.07. The topological polar surface area (TPSA) is 32.3 Å². The summed E-state index contributed by atoms with van der Waals surface area (Å²) in [5.74, 6) is 0.803. The standard InChI is InChI=1S/C14H18N2O/c17-14-7-12-6-13(15-14)10-16(9-12)8-11-4-2-1-3-5-11/h1-5,12-13H,6-10H2,(H,15,17). The van der Waals surface area contributed by atoms with Crippen LogP contribution in [0.2, 0.25) is 0 Å². The van der Waals surface area contributed by atoms with Crippen LogP contribution in [0.3, 0.4) is 0 Å². The number of carbonyl (C=O) groups is 1. The Labute approximate surface area is 102 Å². The fourth-order valence-electron chi connectivity index (χ4n) is 3.07. The molecule has 1 aromatic rings. The van der Waals surface area contributed by atoms with Gasteiger partial charge in [0.2, 0.25) is 5.91 Å². The lowest BCUT2D eigenvalue weighted by molar-refractivity contribution is -0.126. The molecular weight excluding hydrogens is 212 g/mol. The number of benzene rings is 1. The third-order valence-corrected chi connectivity index (χ3v) is 3.70. The molecule has 2 unspecified atom stereocenters. The van der Waals surface area contributed by atoms with E-state index >= 15 is 0 Å². The monoisotopic (exact) mass is 230 g/mol. The Hall–Kier alpha value is -1.35. The number of piperidine rings is 2. The Morgan fingerprint density at radius 2 is 2.06 bits per heavy atom. The molecule has 3 heteroatoms. The molecule has 17 heavy (non-hydrogen) atoms. The molecule has 0 radical (unpaired) electrons. The number of rotatable bonds is 2. The van der Waals surface area contributed by atoms with Crippen LogP contribution in [0.1, 0.15) is 18.4 Å². The van der Waals surface area contributed by atoms with Crippen molar-refractivity contribution in [3.63, 3.8) is 0 Å². The Morgan fingerprint density at radius 1 is 1.24 bits per heavy atom. The Balaban J connectivity index is 1.65. The van der Waals surface area contributed by atoms with E-state index in [1.165, 1.54) is 5.56 Å². The van der Waals surface area contributed by atoms with E-state index in [0.717, 1.165) is 26.1 Å². The second kappa shape index (κ2) is 4.49. The lowest BCUT2D eigenvalue weighted by Gasteiger charge is -2.41. The molecule has 0 aromatic heterocycles. The minimum Gasteiger partial charge on any atom is -0.352 e. The zero-order chi connectivity index (χ0) is 11.7. The molecule has 2 fully saturated rings. The molecule has 2 aliphatic rings. The van der Waals surface area contributed by atoms with E-state index in [1.54, 1.807) is 0 Å². The van der Waals surface area contributed by atoms with Gasteiger partial charge in [0, 0.05) is 32.1 Å². The minimum atomic E-state index is 0.241. The molecule has 3 nitrogen and oxygen atoms in total. The number of hydrogen-bond acceptors (Lipinski definition) is 2. The maximum atomic E-state index is 11.4. The van der Waals surface area contributed by atoms with Crippen LogP contribution in [0.5, 0.6) is 0 Å². The first kappa shape index (κ1) is 10.8. The maximum Gasteiger partial charge on any atom is 0.220 e. The zero-order valence-electron chi connectivity index (χ0n) is 9.93. The zero-order valence-corrected chi connectivity index (χ0v) is 9.93. The van der Waals surface area contributed by atoms with Crippen LogP contribution in [-0.4, -0.2) is 29.9 Å². The van der Waals surface area contributed by atoms with Crippen molar-refractivity contribution in [3.05, 3.63) is 35.9 Å². The summed E-state index contributed by atoms with van der Waals surface area (Å²) in [5.41, 5.74) is 1.36. The van der Waals surface area contributed by atoms with E-state index in [-0.39, 0.29) is 5.91 Å². The number of fused-ring (bicyclic) bond motifs is 2. The van der Waals surface area contributed by atoms with Gasteiger partial charge in [-0.2, -0.15) is 0 Å². The fourth-order valence-corrected chi connectivity index (χ4v) is 3.07. The first-order chi connectivity index (χ1) is 8.29. The summed E-state index contributed by atoms with van der Waals surface area (Å²) >= 11 is 0. The lowest BCUT2D eigenvalue weighted by Crippen LogP contribution is -2.55. The quantitative estimate of drug-likeness (QED) is 0.833. The Morgan fingerprint density at radius 3 is 2.82 bits per heavy atom. The van der Waals surface area contributed by atoms with Gasteiger partial charge in [0.25, 0.3) is 0 Å². The van der Waals surface area contributed by atoms with Gasteiger partial charge in [-0.05, 0) is 17.9 Å². The SMILES string of the molecule is O=C1CC2CC(CN(Cc3ccccc3)C2)N1. The first-order valence-corrected chi connectivity index (χ1v) is 6.35. The summed E-state index contributed by atoms with van der Waals surface area (Å²) < 4.78 is 0. The van der Waals surface area contributed by atoms with Gasteiger partial charge in [-0.25, -0.2) is 0 Å². The predicted octanol–water partition coefficient (Wildman–Crippen LogP) is 1.40. The molecule has 2 aliphatic heterocycles. The summed E-state index contributed by atoms with van der Waals surface area (Å²) in [6, 6.07) is 10.9. The van der Waals surface area contributed by atoms with E-state index in [1.807, 2.05) is 0 Å². The highest BCUT2D eigenvalue weighted by Gasteiger charge is 2.33.